The third-order valence-corrected chi connectivity index (χ3v) is 4.39. The summed E-state index contributed by atoms with van der Waals surface area (Å²) in [7, 11) is 0. The van der Waals surface area contributed by atoms with Gasteiger partial charge in [-0.15, -0.1) is 0 Å². The lowest BCUT2D eigenvalue weighted by Gasteiger charge is -2.22. The first-order valence-electron chi connectivity index (χ1n) is 6.70. The van der Waals surface area contributed by atoms with E-state index >= 15 is 0 Å². The number of halogens is 1. The van der Waals surface area contributed by atoms with Gasteiger partial charge in [0, 0.05) is 16.6 Å². The monoisotopic (exact) mass is 325 g/mol. The molecule has 0 saturated carbocycles. The van der Waals surface area contributed by atoms with E-state index in [9.17, 15) is 9.90 Å². The molecule has 0 aliphatic carbocycles. The maximum absolute atomic E-state index is 12.3. The first kappa shape index (κ1) is 14.7. The normalized spacial score (nSPS) is 25.0. The van der Waals surface area contributed by atoms with Crippen molar-refractivity contribution >= 4 is 21.7 Å². The predicted molar refractivity (Wildman–Crippen MR) is 79.4 cm³/mol. The standard InChI is InChI=1S/C15H20BrNO2/c1-15(19)7-4-9-17(10-8-15)11-14(18)12-5-2-3-6-13(12)16/h2-3,5-6,19H,4,7-11H2,1H3. The highest BCUT2D eigenvalue weighted by Crippen LogP contribution is 2.22. The van der Waals surface area contributed by atoms with Crippen LogP contribution in [-0.2, 0) is 0 Å². The van der Waals surface area contributed by atoms with Gasteiger partial charge >= 0.3 is 0 Å². The average Bonchev–Trinajstić information content (AvgIpc) is 2.51. The van der Waals surface area contributed by atoms with Gasteiger partial charge in [-0.2, -0.15) is 0 Å². The van der Waals surface area contributed by atoms with Crippen molar-refractivity contribution in [1.82, 2.24) is 4.90 Å². The number of aliphatic hydroxyl groups is 1. The van der Waals surface area contributed by atoms with E-state index in [1.807, 2.05) is 31.2 Å². The van der Waals surface area contributed by atoms with Crippen molar-refractivity contribution in [3.8, 4) is 0 Å². The Hall–Kier alpha value is -0.710. The van der Waals surface area contributed by atoms with E-state index in [0.29, 0.717) is 6.54 Å². The molecule has 0 bridgehead atoms. The molecule has 1 aromatic carbocycles. The maximum Gasteiger partial charge on any atom is 0.177 e. The number of hydrogen-bond donors (Lipinski definition) is 1. The summed E-state index contributed by atoms with van der Waals surface area (Å²) >= 11 is 3.42. The lowest BCUT2D eigenvalue weighted by Crippen LogP contribution is -2.32. The third kappa shape index (κ3) is 4.13. The molecule has 3 nitrogen and oxygen atoms in total. The smallest absolute Gasteiger partial charge is 0.177 e. The molecule has 19 heavy (non-hydrogen) atoms. The lowest BCUT2D eigenvalue weighted by atomic mass is 9.98. The molecule has 0 spiro atoms. The molecule has 1 heterocycles. The Morgan fingerprint density at radius 3 is 2.84 bits per heavy atom. The Morgan fingerprint density at radius 1 is 1.37 bits per heavy atom. The van der Waals surface area contributed by atoms with Crippen LogP contribution in [0.15, 0.2) is 28.7 Å². The van der Waals surface area contributed by atoms with Crippen molar-refractivity contribution in [2.75, 3.05) is 19.6 Å². The van der Waals surface area contributed by atoms with Gasteiger partial charge in [0.1, 0.15) is 0 Å². The van der Waals surface area contributed by atoms with Crippen LogP contribution in [0.25, 0.3) is 0 Å². The largest absolute Gasteiger partial charge is 0.390 e. The van der Waals surface area contributed by atoms with Gasteiger partial charge in [-0.1, -0.05) is 34.1 Å². The van der Waals surface area contributed by atoms with Crippen LogP contribution in [0.2, 0.25) is 0 Å². The summed E-state index contributed by atoms with van der Waals surface area (Å²) in [5, 5.41) is 10.0. The topological polar surface area (TPSA) is 40.5 Å². The molecule has 4 heteroatoms. The van der Waals surface area contributed by atoms with Gasteiger partial charge in [0.15, 0.2) is 5.78 Å². The molecule has 104 valence electrons. The number of rotatable bonds is 3. The molecule has 1 atom stereocenters. The molecule has 1 aliphatic rings. The van der Waals surface area contributed by atoms with E-state index in [-0.39, 0.29) is 5.78 Å². The van der Waals surface area contributed by atoms with Gasteiger partial charge in [0.05, 0.1) is 12.1 Å². The van der Waals surface area contributed by atoms with Crippen molar-refractivity contribution in [3.63, 3.8) is 0 Å². The number of ketones is 1. The summed E-state index contributed by atoms with van der Waals surface area (Å²) in [5.41, 5.74) is 0.156. The Labute approximate surface area is 122 Å². The van der Waals surface area contributed by atoms with Crippen LogP contribution in [0.5, 0.6) is 0 Å². The van der Waals surface area contributed by atoms with Gasteiger partial charge < -0.3 is 5.11 Å². The summed E-state index contributed by atoms with van der Waals surface area (Å²) in [6.07, 6.45) is 2.49. The van der Waals surface area contributed by atoms with E-state index < -0.39 is 5.60 Å². The van der Waals surface area contributed by atoms with Crippen molar-refractivity contribution in [2.24, 2.45) is 0 Å². The first-order chi connectivity index (χ1) is 8.98. The minimum Gasteiger partial charge on any atom is -0.390 e. The van der Waals surface area contributed by atoms with Crippen molar-refractivity contribution < 1.29 is 9.90 Å². The summed E-state index contributed by atoms with van der Waals surface area (Å²) in [6, 6.07) is 7.52. The number of nitrogens with zero attached hydrogens (tertiary/aromatic N) is 1. The van der Waals surface area contributed by atoms with Crippen LogP contribution < -0.4 is 0 Å². The number of likely N-dealkylation sites (tertiary alicyclic amines) is 1. The molecule has 0 radical (unpaired) electrons. The molecule has 1 N–H and O–H groups in total. The van der Waals surface area contributed by atoms with Crippen LogP contribution in [0.3, 0.4) is 0 Å². The van der Waals surface area contributed by atoms with Gasteiger partial charge in [0.2, 0.25) is 0 Å². The first-order valence-corrected chi connectivity index (χ1v) is 7.50. The highest BCUT2D eigenvalue weighted by molar-refractivity contribution is 9.10. The zero-order chi connectivity index (χ0) is 13.9. The number of carbonyl (C=O) groups excluding carboxylic acids is 1. The van der Waals surface area contributed by atoms with Crippen LogP contribution in [-0.4, -0.2) is 41.0 Å². The Bertz CT molecular complexity index is 459. The second-order valence-electron chi connectivity index (χ2n) is 5.53. The summed E-state index contributed by atoms with van der Waals surface area (Å²) in [6.45, 7) is 3.97. The molecule has 1 unspecified atom stereocenters. The molecule has 0 aromatic heterocycles. The van der Waals surface area contributed by atoms with E-state index in [4.69, 9.17) is 0 Å². The van der Waals surface area contributed by atoms with Crippen molar-refractivity contribution in [3.05, 3.63) is 34.3 Å². The Kier molecular flexibility index (Phi) is 4.76. The van der Waals surface area contributed by atoms with Gasteiger partial charge in [-0.25, -0.2) is 0 Å². The van der Waals surface area contributed by atoms with Crippen LogP contribution in [0.4, 0.5) is 0 Å². The summed E-state index contributed by atoms with van der Waals surface area (Å²) in [4.78, 5) is 14.4. The highest BCUT2D eigenvalue weighted by atomic mass is 79.9. The molecular weight excluding hydrogens is 306 g/mol. The van der Waals surface area contributed by atoms with Crippen molar-refractivity contribution in [2.45, 2.75) is 31.8 Å². The second kappa shape index (κ2) is 6.16. The SMILES string of the molecule is CC1(O)CCCN(CC(=O)c2ccccc2Br)CC1. The van der Waals surface area contributed by atoms with Crippen LogP contribution in [0.1, 0.15) is 36.5 Å². The van der Waals surface area contributed by atoms with Crippen molar-refractivity contribution in [1.29, 1.82) is 0 Å². The number of hydrogen-bond acceptors (Lipinski definition) is 3. The molecule has 0 amide bonds. The minimum atomic E-state index is -0.578. The van der Waals surface area contributed by atoms with Crippen LogP contribution >= 0.6 is 15.9 Å². The quantitative estimate of drug-likeness (QED) is 0.869. The summed E-state index contributed by atoms with van der Waals surface area (Å²) in [5.74, 6) is 0.133. The van der Waals surface area contributed by atoms with E-state index in [1.165, 1.54) is 0 Å². The molecule has 2 rings (SSSR count). The maximum atomic E-state index is 12.3. The minimum absolute atomic E-state index is 0.133. The van der Waals surface area contributed by atoms with Gasteiger partial charge in [0.25, 0.3) is 0 Å². The lowest BCUT2D eigenvalue weighted by molar-refractivity contribution is 0.0444. The fraction of sp³-hybridized carbons (Fsp3) is 0.533. The molecule has 1 aromatic rings. The molecule has 1 aliphatic heterocycles. The molecule has 1 fully saturated rings. The number of benzene rings is 1. The Balaban J connectivity index is 1.98. The predicted octanol–water partition coefficient (Wildman–Crippen LogP) is 2.87. The summed E-state index contributed by atoms with van der Waals surface area (Å²) < 4.78 is 0.849. The van der Waals surface area contributed by atoms with E-state index in [1.54, 1.807) is 0 Å². The number of Topliss-reactive ketones (excluding diaryl/α,β-unsaturated/α-hetero) is 1. The number of carbonyl (C=O) groups is 1. The third-order valence-electron chi connectivity index (χ3n) is 3.70. The second-order valence-corrected chi connectivity index (χ2v) is 6.38. The fourth-order valence-electron chi connectivity index (χ4n) is 2.45. The van der Waals surface area contributed by atoms with Gasteiger partial charge in [-0.05, 0) is 38.8 Å². The zero-order valence-electron chi connectivity index (χ0n) is 11.2. The fourth-order valence-corrected chi connectivity index (χ4v) is 2.96. The van der Waals surface area contributed by atoms with Crippen LogP contribution in [0, 0.1) is 0 Å². The molecular formula is C15H20BrNO2. The average molecular weight is 326 g/mol. The van der Waals surface area contributed by atoms with E-state index in [0.717, 1.165) is 42.4 Å². The molecule has 1 saturated heterocycles. The zero-order valence-corrected chi connectivity index (χ0v) is 12.8. The van der Waals surface area contributed by atoms with Gasteiger partial charge in [-0.3, -0.25) is 9.69 Å². The highest BCUT2D eigenvalue weighted by Gasteiger charge is 2.26. The Morgan fingerprint density at radius 2 is 2.11 bits per heavy atom. The van der Waals surface area contributed by atoms with E-state index in [2.05, 4.69) is 20.8 Å².